The molecule has 0 aliphatic heterocycles. The van der Waals surface area contributed by atoms with Gasteiger partial charge in [-0.15, -0.1) is 0 Å². The molecule has 3 aliphatic rings. The van der Waals surface area contributed by atoms with E-state index in [9.17, 15) is 18.0 Å². The number of hydrogen-bond acceptors (Lipinski definition) is 1. The van der Waals surface area contributed by atoms with Crippen LogP contribution >= 0.6 is 0 Å². The van der Waals surface area contributed by atoms with Crippen LogP contribution in [0, 0.1) is 23.7 Å². The fourth-order valence-electron chi connectivity index (χ4n) is 7.56. The molecule has 41 heavy (non-hydrogen) atoms. The molecule has 0 spiro atoms. The molecule has 0 radical (unpaired) electrons. The number of halogens is 3. The number of aryl methyl sites for hydroxylation is 1. The smallest absolute Gasteiger partial charge is 0.317 e. The van der Waals surface area contributed by atoms with Gasteiger partial charge in [-0.3, -0.25) is 4.79 Å². The first kappa shape index (κ1) is 27.8. The number of nitrogens with zero attached hydrogens (tertiary/aromatic N) is 1. The lowest BCUT2D eigenvalue weighted by atomic mass is 9.73. The number of fused-ring (bicyclic) bond motifs is 5. The third-order valence-electron chi connectivity index (χ3n) is 9.70. The van der Waals surface area contributed by atoms with Crippen LogP contribution in [0.2, 0.25) is 0 Å². The van der Waals surface area contributed by atoms with Crippen LogP contribution < -0.4 is 0 Å². The standard InChI is InChI=1S/C36H38F3NO/c37-36(38,39)32-15-17-33(18-16-32)40-20-19-28-13-14-31(24-34(28)40)35(41)8-4-7-26-21-27-10-12-30(22-26)29(23-27)11-9-25-5-2-1-3-6-25/h1-3,5-6,13-20,24,26-27,29-30H,4,7-12,21-23H2/t26-,27-,29?,30+/m0/s1. The van der Waals surface area contributed by atoms with Crippen LogP contribution in [0.5, 0.6) is 0 Å². The highest BCUT2D eigenvalue weighted by Crippen LogP contribution is 2.48. The van der Waals surface area contributed by atoms with Crippen LogP contribution in [0.15, 0.2) is 85.1 Å². The Balaban J connectivity index is 1.05. The summed E-state index contributed by atoms with van der Waals surface area (Å²) in [5.74, 6) is 3.38. The van der Waals surface area contributed by atoms with Gasteiger partial charge in [0.2, 0.25) is 0 Å². The van der Waals surface area contributed by atoms with E-state index in [2.05, 4.69) is 30.3 Å². The summed E-state index contributed by atoms with van der Waals surface area (Å²) >= 11 is 0. The minimum atomic E-state index is -4.36. The summed E-state index contributed by atoms with van der Waals surface area (Å²) in [5, 5.41) is 0.956. The van der Waals surface area contributed by atoms with Crippen molar-refractivity contribution in [3.05, 3.63) is 102 Å². The molecule has 1 heterocycles. The summed E-state index contributed by atoms with van der Waals surface area (Å²) in [5.41, 5.74) is 2.93. The Morgan fingerprint density at radius 2 is 1.66 bits per heavy atom. The van der Waals surface area contributed by atoms with Crippen molar-refractivity contribution in [1.29, 1.82) is 0 Å². The van der Waals surface area contributed by atoms with E-state index < -0.39 is 11.7 Å². The Morgan fingerprint density at radius 1 is 0.854 bits per heavy atom. The highest BCUT2D eigenvalue weighted by Gasteiger charge is 2.36. The zero-order valence-electron chi connectivity index (χ0n) is 23.5. The fraction of sp³-hybridized carbons (Fsp3) is 0.417. The highest BCUT2D eigenvalue weighted by atomic mass is 19.4. The van der Waals surface area contributed by atoms with Gasteiger partial charge in [-0.05, 0) is 122 Å². The second-order valence-corrected chi connectivity index (χ2v) is 12.4. The molecule has 2 nitrogen and oxygen atoms in total. The minimum absolute atomic E-state index is 0.143. The largest absolute Gasteiger partial charge is 0.416 e. The quantitative estimate of drug-likeness (QED) is 0.188. The van der Waals surface area contributed by atoms with E-state index in [1.165, 1.54) is 62.6 Å². The van der Waals surface area contributed by atoms with Crippen molar-refractivity contribution >= 4 is 16.7 Å². The van der Waals surface area contributed by atoms with Gasteiger partial charge < -0.3 is 4.57 Å². The van der Waals surface area contributed by atoms with E-state index >= 15 is 0 Å². The molecule has 0 amide bonds. The van der Waals surface area contributed by atoms with Gasteiger partial charge in [0.25, 0.3) is 0 Å². The van der Waals surface area contributed by atoms with Crippen molar-refractivity contribution in [2.45, 2.75) is 70.4 Å². The summed E-state index contributed by atoms with van der Waals surface area (Å²) in [6, 6.07) is 23.6. The molecular weight excluding hydrogens is 519 g/mol. The summed E-state index contributed by atoms with van der Waals surface area (Å²) < 4.78 is 40.9. The number of carbonyl (C=O) groups excluding carboxylic acids is 1. The molecule has 3 aliphatic carbocycles. The van der Waals surface area contributed by atoms with Crippen molar-refractivity contribution < 1.29 is 18.0 Å². The van der Waals surface area contributed by atoms with Crippen molar-refractivity contribution in [2.24, 2.45) is 23.7 Å². The van der Waals surface area contributed by atoms with Crippen molar-refractivity contribution in [1.82, 2.24) is 4.57 Å². The summed E-state index contributed by atoms with van der Waals surface area (Å²) in [6.07, 6.45) is 9.29. The third-order valence-corrected chi connectivity index (χ3v) is 9.70. The van der Waals surface area contributed by atoms with Gasteiger partial charge in [-0.1, -0.05) is 48.9 Å². The van der Waals surface area contributed by atoms with Crippen LogP contribution in [0.25, 0.3) is 16.6 Å². The Morgan fingerprint density at radius 3 is 2.44 bits per heavy atom. The molecule has 3 saturated carbocycles. The number of benzene rings is 3. The van der Waals surface area contributed by atoms with E-state index in [1.807, 2.05) is 35.0 Å². The summed E-state index contributed by atoms with van der Waals surface area (Å²) in [7, 11) is 0. The molecule has 7 rings (SSSR count). The average molecular weight is 558 g/mol. The minimum Gasteiger partial charge on any atom is -0.317 e. The zero-order chi connectivity index (χ0) is 28.4. The predicted octanol–water partition coefficient (Wildman–Crippen LogP) is 10.1. The Bertz CT molecular complexity index is 1470. The second-order valence-electron chi connectivity index (χ2n) is 12.4. The van der Waals surface area contributed by atoms with Crippen LogP contribution in [0.4, 0.5) is 13.2 Å². The lowest BCUT2D eigenvalue weighted by Gasteiger charge is -2.32. The molecule has 0 N–H and O–H groups in total. The van der Waals surface area contributed by atoms with E-state index in [0.29, 0.717) is 17.7 Å². The molecule has 1 unspecified atom stereocenters. The molecule has 4 aromatic rings. The molecule has 4 atom stereocenters. The van der Waals surface area contributed by atoms with Gasteiger partial charge in [0.05, 0.1) is 11.1 Å². The first-order valence-electron chi connectivity index (χ1n) is 15.2. The molecule has 3 aromatic carbocycles. The van der Waals surface area contributed by atoms with Crippen LogP contribution in [-0.2, 0) is 12.6 Å². The normalized spacial score (nSPS) is 22.6. The molecule has 2 bridgehead atoms. The number of ketones is 1. The first-order valence-corrected chi connectivity index (χ1v) is 15.2. The SMILES string of the molecule is O=C(CCC[C@H]1C[C@@H]2CC[C@H](C1)C(CCc1ccccc1)C2)c1ccc2ccn(-c3ccc(C(F)(F)F)cc3)c2c1. The van der Waals surface area contributed by atoms with E-state index in [0.717, 1.165) is 59.5 Å². The average Bonchev–Trinajstić information content (AvgIpc) is 3.20. The molecule has 5 heteroatoms. The number of Topliss-reactive ketones (excluding diaryl/α,β-unsaturated/α-hetero) is 1. The molecular formula is C36H38F3NO. The van der Waals surface area contributed by atoms with Crippen molar-refractivity contribution in [3.63, 3.8) is 0 Å². The van der Waals surface area contributed by atoms with Gasteiger partial charge in [0, 0.05) is 23.9 Å². The van der Waals surface area contributed by atoms with Crippen molar-refractivity contribution in [2.75, 3.05) is 0 Å². The number of carbonyl (C=O) groups is 1. The maximum Gasteiger partial charge on any atom is 0.416 e. The van der Waals surface area contributed by atoms with Crippen molar-refractivity contribution in [3.8, 4) is 5.69 Å². The lowest BCUT2D eigenvalue weighted by Crippen LogP contribution is -2.22. The Hall–Kier alpha value is -3.34. The second kappa shape index (κ2) is 11.9. The highest BCUT2D eigenvalue weighted by molar-refractivity contribution is 5.99. The van der Waals surface area contributed by atoms with Gasteiger partial charge in [0.15, 0.2) is 5.78 Å². The van der Waals surface area contributed by atoms with Gasteiger partial charge >= 0.3 is 6.18 Å². The monoisotopic (exact) mass is 557 g/mol. The molecule has 214 valence electrons. The molecule has 1 aromatic heterocycles. The Labute approximate surface area is 240 Å². The van der Waals surface area contributed by atoms with Crippen LogP contribution in [-0.4, -0.2) is 10.4 Å². The lowest BCUT2D eigenvalue weighted by molar-refractivity contribution is -0.137. The third kappa shape index (κ3) is 6.45. The maximum atomic E-state index is 13.2. The summed E-state index contributed by atoms with van der Waals surface area (Å²) in [4.78, 5) is 13.2. The number of aromatic nitrogens is 1. The summed E-state index contributed by atoms with van der Waals surface area (Å²) in [6.45, 7) is 0. The maximum absolute atomic E-state index is 13.2. The van der Waals surface area contributed by atoms with E-state index in [-0.39, 0.29) is 5.78 Å². The topological polar surface area (TPSA) is 22.0 Å². The Kier molecular flexibility index (Phi) is 8.05. The predicted molar refractivity (Wildman–Crippen MR) is 158 cm³/mol. The van der Waals surface area contributed by atoms with Crippen LogP contribution in [0.1, 0.15) is 79.3 Å². The fourth-order valence-corrected chi connectivity index (χ4v) is 7.56. The first-order chi connectivity index (χ1) is 19.8. The van der Waals surface area contributed by atoms with Gasteiger partial charge in [0.1, 0.15) is 0 Å². The van der Waals surface area contributed by atoms with Crippen LogP contribution in [0.3, 0.4) is 0 Å². The van der Waals surface area contributed by atoms with Gasteiger partial charge in [-0.2, -0.15) is 13.2 Å². The number of rotatable bonds is 9. The van der Waals surface area contributed by atoms with E-state index in [4.69, 9.17) is 0 Å². The number of alkyl halides is 3. The van der Waals surface area contributed by atoms with Gasteiger partial charge in [-0.25, -0.2) is 0 Å². The molecule has 0 saturated heterocycles. The zero-order valence-corrected chi connectivity index (χ0v) is 23.5. The van der Waals surface area contributed by atoms with E-state index in [1.54, 1.807) is 0 Å². The number of hydrogen-bond donors (Lipinski definition) is 0. The molecule has 3 fully saturated rings.